The Morgan fingerprint density at radius 1 is 1.29 bits per heavy atom. The number of oxazole rings is 1. The lowest BCUT2D eigenvalue weighted by atomic mass is 10.1. The van der Waals surface area contributed by atoms with Crippen LogP contribution in [-0.4, -0.2) is 37.5 Å². The minimum atomic E-state index is -0.213. The van der Waals surface area contributed by atoms with Crippen molar-refractivity contribution in [3.05, 3.63) is 30.1 Å². The lowest BCUT2D eigenvalue weighted by molar-refractivity contribution is -0.119. The van der Waals surface area contributed by atoms with E-state index in [0.29, 0.717) is 28.8 Å². The van der Waals surface area contributed by atoms with Gasteiger partial charge in [-0.2, -0.15) is 10.1 Å². The first-order valence-corrected chi connectivity index (χ1v) is 8.70. The molecule has 1 fully saturated rings. The number of hydrogen-bond donors (Lipinski definition) is 0. The van der Waals surface area contributed by atoms with Gasteiger partial charge in [-0.15, -0.1) is 0 Å². The average molecular weight is 343 g/mol. The van der Waals surface area contributed by atoms with Gasteiger partial charge in [0.25, 0.3) is 5.22 Å². The smallest absolute Gasteiger partial charge is 0.259 e. The summed E-state index contributed by atoms with van der Waals surface area (Å²) in [4.78, 5) is 23.3. The Labute approximate surface area is 143 Å². The highest BCUT2D eigenvalue weighted by molar-refractivity contribution is 8.00. The summed E-state index contributed by atoms with van der Waals surface area (Å²) in [6.07, 6.45) is 3.57. The van der Waals surface area contributed by atoms with Crippen molar-refractivity contribution in [3.63, 3.8) is 0 Å². The quantitative estimate of drug-likeness (QED) is 0.727. The van der Waals surface area contributed by atoms with Crippen LogP contribution in [0.1, 0.15) is 18.5 Å². The monoisotopic (exact) mass is 343 g/mol. The molecule has 1 unspecified atom stereocenters. The molecule has 0 aromatic carbocycles. The fraction of sp³-hybridized carbons (Fsp3) is 0.375. The standard InChI is InChI=1S/C16H17N5O2S/c1-10-5-6-11-14(17-10)18-16(23-11)24-12-4-3-8-21(15(12)22)13-7-9-20(2)19-13/h5-7,9,12H,3-4,8H2,1-2H3. The Morgan fingerprint density at radius 2 is 2.17 bits per heavy atom. The molecular formula is C16H17N5O2S. The number of aromatic nitrogens is 4. The predicted molar refractivity (Wildman–Crippen MR) is 91.0 cm³/mol. The van der Waals surface area contributed by atoms with Crippen molar-refractivity contribution in [2.45, 2.75) is 30.2 Å². The van der Waals surface area contributed by atoms with Gasteiger partial charge < -0.3 is 4.42 Å². The summed E-state index contributed by atoms with van der Waals surface area (Å²) in [5.41, 5.74) is 2.12. The highest BCUT2D eigenvalue weighted by Crippen LogP contribution is 2.33. The number of piperidine rings is 1. The molecule has 24 heavy (non-hydrogen) atoms. The number of pyridine rings is 1. The van der Waals surface area contributed by atoms with E-state index >= 15 is 0 Å². The van der Waals surface area contributed by atoms with Crippen LogP contribution in [0.25, 0.3) is 11.2 Å². The van der Waals surface area contributed by atoms with Gasteiger partial charge in [0.1, 0.15) is 0 Å². The molecule has 1 amide bonds. The molecule has 0 spiro atoms. The van der Waals surface area contributed by atoms with Crippen LogP contribution in [0.15, 0.2) is 34.0 Å². The molecule has 0 bridgehead atoms. The van der Waals surface area contributed by atoms with E-state index in [1.54, 1.807) is 9.58 Å². The molecule has 8 heteroatoms. The number of thioether (sulfide) groups is 1. The molecule has 4 heterocycles. The molecule has 1 saturated heterocycles. The molecule has 4 rings (SSSR count). The number of amides is 1. The summed E-state index contributed by atoms with van der Waals surface area (Å²) < 4.78 is 7.42. The summed E-state index contributed by atoms with van der Waals surface area (Å²) in [5, 5.41) is 4.61. The third kappa shape index (κ3) is 2.77. The van der Waals surface area contributed by atoms with Crippen molar-refractivity contribution in [2.75, 3.05) is 11.4 Å². The summed E-state index contributed by atoms with van der Waals surface area (Å²) in [6.45, 7) is 2.61. The maximum atomic E-state index is 12.8. The zero-order chi connectivity index (χ0) is 16.7. The van der Waals surface area contributed by atoms with E-state index in [-0.39, 0.29) is 11.2 Å². The Balaban J connectivity index is 1.55. The van der Waals surface area contributed by atoms with Crippen molar-refractivity contribution >= 4 is 34.7 Å². The van der Waals surface area contributed by atoms with Crippen molar-refractivity contribution in [1.29, 1.82) is 0 Å². The maximum absolute atomic E-state index is 12.8. The predicted octanol–water partition coefficient (Wildman–Crippen LogP) is 2.55. The van der Waals surface area contributed by atoms with Crippen LogP contribution in [0.3, 0.4) is 0 Å². The van der Waals surface area contributed by atoms with Gasteiger partial charge in [-0.3, -0.25) is 14.4 Å². The third-order valence-electron chi connectivity index (χ3n) is 3.98. The van der Waals surface area contributed by atoms with Crippen LogP contribution < -0.4 is 4.90 Å². The molecule has 1 atom stereocenters. The van der Waals surface area contributed by atoms with E-state index in [9.17, 15) is 4.79 Å². The van der Waals surface area contributed by atoms with E-state index in [2.05, 4.69) is 15.1 Å². The lowest BCUT2D eigenvalue weighted by Crippen LogP contribution is -2.43. The second kappa shape index (κ2) is 5.94. The van der Waals surface area contributed by atoms with Crippen molar-refractivity contribution in [1.82, 2.24) is 19.7 Å². The number of aryl methyl sites for hydroxylation is 2. The van der Waals surface area contributed by atoms with E-state index in [0.717, 1.165) is 18.5 Å². The number of anilines is 1. The summed E-state index contributed by atoms with van der Waals surface area (Å²) in [7, 11) is 1.84. The highest BCUT2D eigenvalue weighted by Gasteiger charge is 2.32. The van der Waals surface area contributed by atoms with E-state index in [4.69, 9.17) is 4.42 Å². The van der Waals surface area contributed by atoms with Gasteiger partial charge in [0.15, 0.2) is 17.0 Å². The molecule has 3 aromatic rings. The van der Waals surface area contributed by atoms with Crippen LogP contribution in [0.2, 0.25) is 0 Å². The zero-order valence-corrected chi connectivity index (χ0v) is 14.3. The highest BCUT2D eigenvalue weighted by atomic mass is 32.2. The number of nitrogens with zero attached hydrogens (tertiary/aromatic N) is 5. The maximum Gasteiger partial charge on any atom is 0.259 e. The van der Waals surface area contributed by atoms with E-state index < -0.39 is 0 Å². The van der Waals surface area contributed by atoms with Gasteiger partial charge >= 0.3 is 0 Å². The van der Waals surface area contributed by atoms with Gasteiger partial charge in [0.05, 0.1) is 5.25 Å². The first-order valence-electron chi connectivity index (χ1n) is 7.82. The minimum absolute atomic E-state index is 0.0522. The fourth-order valence-corrected chi connectivity index (χ4v) is 3.82. The van der Waals surface area contributed by atoms with Crippen LogP contribution in [-0.2, 0) is 11.8 Å². The fourth-order valence-electron chi connectivity index (χ4n) is 2.79. The van der Waals surface area contributed by atoms with Crippen molar-refractivity contribution < 1.29 is 9.21 Å². The van der Waals surface area contributed by atoms with Crippen molar-refractivity contribution in [2.24, 2.45) is 7.05 Å². The molecule has 3 aromatic heterocycles. The zero-order valence-electron chi connectivity index (χ0n) is 13.5. The summed E-state index contributed by atoms with van der Waals surface area (Å²) >= 11 is 1.37. The van der Waals surface area contributed by atoms with Gasteiger partial charge in [0.2, 0.25) is 5.91 Å². The van der Waals surface area contributed by atoms with Crippen LogP contribution in [0, 0.1) is 6.92 Å². The lowest BCUT2D eigenvalue weighted by Gasteiger charge is -2.29. The molecular weight excluding hydrogens is 326 g/mol. The van der Waals surface area contributed by atoms with Gasteiger partial charge in [-0.25, -0.2) is 4.98 Å². The number of fused-ring (bicyclic) bond motifs is 1. The number of hydrogen-bond acceptors (Lipinski definition) is 6. The molecule has 0 saturated carbocycles. The van der Waals surface area contributed by atoms with E-state index in [1.165, 1.54) is 11.8 Å². The molecule has 0 N–H and O–H groups in total. The Morgan fingerprint density at radius 3 is 2.96 bits per heavy atom. The van der Waals surface area contributed by atoms with Crippen LogP contribution in [0.4, 0.5) is 5.82 Å². The van der Waals surface area contributed by atoms with E-state index in [1.807, 2.05) is 38.4 Å². The molecule has 124 valence electrons. The first-order chi connectivity index (χ1) is 11.6. The summed E-state index contributed by atoms with van der Waals surface area (Å²) in [6, 6.07) is 5.60. The Kier molecular flexibility index (Phi) is 3.76. The second-order valence-electron chi connectivity index (χ2n) is 5.84. The average Bonchev–Trinajstić information content (AvgIpc) is 3.14. The minimum Gasteiger partial charge on any atom is -0.430 e. The second-order valence-corrected chi connectivity index (χ2v) is 6.99. The number of carbonyl (C=O) groups excluding carboxylic acids is 1. The Bertz CT molecular complexity index is 903. The summed E-state index contributed by atoms with van der Waals surface area (Å²) in [5.74, 6) is 0.749. The SMILES string of the molecule is Cc1ccc2oc(SC3CCCN(c4ccn(C)n4)C3=O)nc2n1. The van der Waals surface area contributed by atoms with Gasteiger partial charge in [0, 0.05) is 31.5 Å². The Hall–Kier alpha value is -2.35. The third-order valence-corrected chi connectivity index (χ3v) is 5.08. The van der Waals surface area contributed by atoms with Gasteiger partial charge in [-0.1, -0.05) is 11.8 Å². The first kappa shape index (κ1) is 15.2. The topological polar surface area (TPSA) is 77.0 Å². The van der Waals surface area contributed by atoms with Crippen LogP contribution >= 0.6 is 11.8 Å². The molecule has 1 aliphatic rings. The normalized spacial score (nSPS) is 18.5. The van der Waals surface area contributed by atoms with Gasteiger partial charge in [-0.05, 0) is 31.9 Å². The number of rotatable bonds is 3. The largest absolute Gasteiger partial charge is 0.430 e. The van der Waals surface area contributed by atoms with Crippen molar-refractivity contribution in [3.8, 4) is 0 Å². The molecule has 7 nitrogen and oxygen atoms in total. The molecule has 0 radical (unpaired) electrons. The molecule has 0 aliphatic carbocycles. The van der Waals surface area contributed by atoms with Crippen LogP contribution in [0.5, 0.6) is 0 Å². The number of carbonyl (C=O) groups is 1. The molecule has 1 aliphatic heterocycles.